The van der Waals surface area contributed by atoms with E-state index in [4.69, 9.17) is 0 Å². The minimum Gasteiger partial charge on any atom is -0.341 e. The van der Waals surface area contributed by atoms with E-state index in [-0.39, 0.29) is 12.1 Å². The lowest BCUT2D eigenvalue weighted by Crippen LogP contribution is -2.54. The second-order valence-corrected chi connectivity index (χ2v) is 4.94. The second kappa shape index (κ2) is 4.41. The van der Waals surface area contributed by atoms with Crippen LogP contribution in [0.5, 0.6) is 0 Å². The van der Waals surface area contributed by atoms with Crippen LogP contribution >= 0.6 is 11.5 Å². The highest BCUT2D eigenvalue weighted by atomic mass is 32.1. The zero-order chi connectivity index (χ0) is 12.6. The molecule has 1 N–H and O–H groups in total. The molecule has 1 fully saturated rings. The molecular formula is C9H13F3N4S. The van der Waals surface area contributed by atoms with Crippen molar-refractivity contribution in [1.29, 1.82) is 0 Å². The molecule has 0 amide bonds. The Bertz CT molecular complexity index is 392. The third kappa shape index (κ3) is 2.68. The smallest absolute Gasteiger partial charge is 0.341 e. The quantitative estimate of drug-likeness (QED) is 0.840. The lowest BCUT2D eigenvalue weighted by Gasteiger charge is -2.37. The Morgan fingerprint density at radius 2 is 2.12 bits per heavy atom. The first-order chi connectivity index (χ1) is 7.88. The van der Waals surface area contributed by atoms with Gasteiger partial charge < -0.3 is 10.2 Å². The summed E-state index contributed by atoms with van der Waals surface area (Å²) in [6, 6.07) is 0.365. The van der Waals surface area contributed by atoms with Gasteiger partial charge in [0.05, 0.1) is 0 Å². The molecule has 1 aromatic rings. The largest absolute Gasteiger partial charge is 0.452 e. The molecule has 17 heavy (non-hydrogen) atoms. The van der Waals surface area contributed by atoms with Crippen LogP contribution in [-0.2, 0) is 6.18 Å². The summed E-state index contributed by atoms with van der Waals surface area (Å²) >= 11 is 0.806. The Morgan fingerprint density at radius 1 is 1.41 bits per heavy atom. The predicted molar refractivity (Wildman–Crippen MR) is 59.2 cm³/mol. The van der Waals surface area contributed by atoms with Crippen molar-refractivity contribution in [2.75, 3.05) is 18.0 Å². The summed E-state index contributed by atoms with van der Waals surface area (Å²) in [4.78, 5) is 5.44. The zero-order valence-corrected chi connectivity index (χ0v) is 10.3. The van der Waals surface area contributed by atoms with Gasteiger partial charge in [-0.15, -0.1) is 0 Å². The maximum absolute atomic E-state index is 12.4. The molecule has 0 aliphatic carbocycles. The van der Waals surface area contributed by atoms with Gasteiger partial charge in [-0.1, -0.05) is 0 Å². The van der Waals surface area contributed by atoms with Gasteiger partial charge in [0.15, 0.2) is 0 Å². The Kier molecular flexibility index (Phi) is 3.26. The number of nitrogens with one attached hydrogen (secondary N) is 1. The van der Waals surface area contributed by atoms with Crippen LogP contribution in [0, 0.1) is 0 Å². The molecule has 0 spiro atoms. The van der Waals surface area contributed by atoms with Gasteiger partial charge in [0.2, 0.25) is 11.0 Å². The molecule has 8 heteroatoms. The number of hydrogen-bond donors (Lipinski definition) is 1. The summed E-state index contributed by atoms with van der Waals surface area (Å²) in [6.07, 6.45) is -4.46. The van der Waals surface area contributed by atoms with Crippen LogP contribution in [0.1, 0.15) is 19.7 Å². The van der Waals surface area contributed by atoms with Crippen LogP contribution in [0.2, 0.25) is 0 Å². The normalized spacial score (nSPS) is 26.3. The average Bonchev–Trinajstić information content (AvgIpc) is 2.70. The monoisotopic (exact) mass is 266 g/mol. The van der Waals surface area contributed by atoms with Crippen LogP contribution in [0.3, 0.4) is 0 Å². The number of halogens is 3. The fourth-order valence-electron chi connectivity index (χ4n) is 1.74. The number of piperazine rings is 1. The minimum atomic E-state index is -4.46. The molecule has 2 rings (SSSR count). The summed E-state index contributed by atoms with van der Waals surface area (Å²) in [7, 11) is 0. The molecule has 2 unspecified atom stereocenters. The number of alkyl halides is 3. The van der Waals surface area contributed by atoms with E-state index in [2.05, 4.69) is 14.7 Å². The Balaban J connectivity index is 2.19. The van der Waals surface area contributed by atoms with Crippen molar-refractivity contribution in [2.24, 2.45) is 0 Å². The van der Waals surface area contributed by atoms with Crippen molar-refractivity contribution in [3.63, 3.8) is 0 Å². The molecule has 1 aromatic heterocycles. The lowest BCUT2D eigenvalue weighted by molar-refractivity contribution is -0.144. The van der Waals surface area contributed by atoms with E-state index in [0.29, 0.717) is 11.7 Å². The summed E-state index contributed by atoms with van der Waals surface area (Å²) in [5.41, 5.74) is 0. The number of hydrogen-bond acceptors (Lipinski definition) is 5. The topological polar surface area (TPSA) is 41.1 Å². The average molecular weight is 266 g/mol. The third-order valence-corrected chi connectivity index (χ3v) is 3.43. The van der Waals surface area contributed by atoms with E-state index in [1.54, 1.807) is 0 Å². The number of nitrogens with zero attached hydrogens (tertiary/aromatic N) is 3. The van der Waals surface area contributed by atoms with Gasteiger partial charge in [0, 0.05) is 36.7 Å². The third-order valence-electron chi connectivity index (χ3n) is 2.68. The predicted octanol–water partition coefficient (Wildman–Crippen LogP) is 1.74. The van der Waals surface area contributed by atoms with Crippen molar-refractivity contribution in [3.8, 4) is 0 Å². The van der Waals surface area contributed by atoms with Gasteiger partial charge in [0.1, 0.15) is 0 Å². The summed E-state index contributed by atoms with van der Waals surface area (Å²) in [5.74, 6) is -1.05. The van der Waals surface area contributed by atoms with Crippen LogP contribution in [0.4, 0.5) is 18.3 Å². The zero-order valence-electron chi connectivity index (χ0n) is 9.45. The number of rotatable bonds is 1. The number of aromatic nitrogens is 2. The van der Waals surface area contributed by atoms with Gasteiger partial charge in [-0.25, -0.2) is 0 Å². The Morgan fingerprint density at radius 3 is 2.71 bits per heavy atom. The van der Waals surface area contributed by atoms with Crippen LogP contribution in [-0.4, -0.2) is 34.5 Å². The van der Waals surface area contributed by atoms with Gasteiger partial charge in [0.25, 0.3) is 0 Å². The Labute approximate surface area is 101 Å². The fraction of sp³-hybridized carbons (Fsp3) is 0.778. The molecule has 0 aromatic carbocycles. The van der Waals surface area contributed by atoms with Crippen molar-refractivity contribution in [3.05, 3.63) is 5.82 Å². The van der Waals surface area contributed by atoms with E-state index in [9.17, 15) is 13.2 Å². The van der Waals surface area contributed by atoms with E-state index in [0.717, 1.165) is 18.1 Å². The van der Waals surface area contributed by atoms with Gasteiger partial charge in [-0.3, -0.25) is 0 Å². The van der Waals surface area contributed by atoms with E-state index in [1.807, 2.05) is 18.7 Å². The van der Waals surface area contributed by atoms with Gasteiger partial charge in [-0.05, 0) is 13.8 Å². The van der Waals surface area contributed by atoms with Crippen molar-refractivity contribution >= 4 is 16.7 Å². The molecule has 0 bridgehead atoms. The van der Waals surface area contributed by atoms with Crippen LogP contribution < -0.4 is 10.2 Å². The first-order valence-corrected chi connectivity index (χ1v) is 6.06. The van der Waals surface area contributed by atoms with Crippen LogP contribution in [0.25, 0.3) is 0 Å². The molecule has 1 aliphatic rings. The summed E-state index contributed by atoms with van der Waals surface area (Å²) in [5, 5.41) is 3.61. The first-order valence-electron chi connectivity index (χ1n) is 5.29. The molecular weight excluding hydrogens is 253 g/mol. The highest BCUT2D eigenvalue weighted by Crippen LogP contribution is 2.31. The van der Waals surface area contributed by atoms with Crippen molar-refractivity contribution < 1.29 is 13.2 Å². The molecule has 1 saturated heterocycles. The van der Waals surface area contributed by atoms with Gasteiger partial charge in [-0.2, -0.15) is 22.5 Å². The minimum absolute atomic E-state index is 0.125. The maximum Gasteiger partial charge on any atom is 0.452 e. The molecule has 2 atom stereocenters. The molecule has 4 nitrogen and oxygen atoms in total. The lowest BCUT2D eigenvalue weighted by atomic mass is 10.1. The van der Waals surface area contributed by atoms with E-state index >= 15 is 0 Å². The Hall–Kier alpha value is -0.890. The highest BCUT2D eigenvalue weighted by molar-refractivity contribution is 7.09. The summed E-state index contributed by atoms with van der Waals surface area (Å²) < 4.78 is 40.5. The fourth-order valence-corrected chi connectivity index (χ4v) is 2.53. The van der Waals surface area contributed by atoms with Gasteiger partial charge >= 0.3 is 6.18 Å². The molecule has 1 aliphatic heterocycles. The van der Waals surface area contributed by atoms with Crippen molar-refractivity contribution in [2.45, 2.75) is 32.1 Å². The van der Waals surface area contributed by atoms with E-state index < -0.39 is 12.0 Å². The molecule has 0 saturated carbocycles. The molecule has 0 radical (unpaired) electrons. The molecule has 96 valence electrons. The highest BCUT2D eigenvalue weighted by Gasteiger charge is 2.37. The number of anilines is 1. The summed E-state index contributed by atoms with van der Waals surface area (Å²) in [6.45, 7) is 5.33. The van der Waals surface area contributed by atoms with Crippen LogP contribution in [0.15, 0.2) is 0 Å². The molecule has 2 heterocycles. The van der Waals surface area contributed by atoms with E-state index in [1.165, 1.54) is 0 Å². The SMILES string of the molecule is CC1CN(c2nc(C(F)(F)F)ns2)C(C)CN1. The van der Waals surface area contributed by atoms with Crippen molar-refractivity contribution in [1.82, 2.24) is 14.7 Å². The second-order valence-electron chi connectivity index (χ2n) is 4.21. The maximum atomic E-state index is 12.4. The first kappa shape index (κ1) is 12.6. The standard InChI is InChI=1S/C9H13F3N4S/c1-5-4-16(6(2)3-13-5)8-14-7(15-17-8)9(10,11)12/h5-6,13H,3-4H2,1-2H3.